The molecule has 0 radical (unpaired) electrons. The summed E-state index contributed by atoms with van der Waals surface area (Å²) >= 11 is 0. The molecule has 0 fully saturated rings. The van der Waals surface area contributed by atoms with Crippen LogP contribution >= 0.6 is 0 Å². The van der Waals surface area contributed by atoms with Crippen molar-refractivity contribution in [2.45, 2.75) is 26.2 Å². The van der Waals surface area contributed by atoms with E-state index in [0.29, 0.717) is 0 Å². The Balaban J connectivity index is 1.59. The van der Waals surface area contributed by atoms with Crippen molar-refractivity contribution in [2.75, 3.05) is 0 Å². The second kappa shape index (κ2) is 11.6. The van der Waals surface area contributed by atoms with Crippen molar-refractivity contribution < 1.29 is 0 Å². The molecule has 6 rings (SSSR count). The van der Waals surface area contributed by atoms with E-state index < -0.39 is 0 Å². The van der Waals surface area contributed by atoms with Crippen molar-refractivity contribution in [3.05, 3.63) is 156 Å². The van der Waals surface area contributed by atoms with Gasteiger partial charge in [-0.25, -0.2) is 4.98 Å². The van der Waals surface area contributed by atoms with Crippen LogP contribution in [0.1, 0.15) is 41.6 Å². The van der Waals surface area contributed by atoms with Gasteiger partial charge in [0.2, 0.25) is 0 Å². The lowest BCUT2D eigenvalue weighted by Crippen LogP contribution is -2.02. The van der Waals surface area contributed by atoms with Gasteiger partial charge in [0.1, 0.15) is 0 Å². The predicted octanol–water partition coefficient (Wildman–Crippen LogP) is 9.34. The van der Waals surface area contributed by atoms with Crippen molar-refractivity contribution in [1.82, 2.24) is 9.97 Å². The number of hydrogen-bond donors (Lipinski definition) is 1. The van der Waals surface area contributed by atoms with E-state index in [1.54, 1.807) is 0 Å². The minimum Gasteiger partial charge on any atom is -0.398 e. The highest BCUT2D eigenvalue weighted by atomic mass is 14.8. The second-order valence-corrected chi connectivity index (χ2v) is 10.4. The number of benzene rings is 4. The zero-order valence-corrected chi connectivity index (χ0v) is 23.5. The smallest absolute Gasteiger partial charge is 0.0975 e. The summed E-state index contributed by atoms with van der Waals surface area (Å²) < 4.78 is 0. The number of fused-ring (bicyclic) bond motifs is 3. The average molecular weight is 532 g/mol. The van der Waals surface area contributed by atoms with Crippen LogP contribution in [-0.2, 0) is 0 Å². The lowest BCUT2D eigenvalue weighted by atomic mass is 9.88. The van der Waals surface area contributed by atoms with Gasteiger partial charge in [-0.3, -0.25) is 4.98 Å². The van der Waals surface area contributed by atoms with Gasteiger partial charge in [-0.15, -0.1) is 0 Å². The molecule has 1 atom stereocenters. The maximum Gasteiger partial charge on any atom is 0.0975 e. The summed E-state index contributed by atoms with van der Waals surface area (Å²) in [4.78, 5) is 10.1. The van der Waals surface area contributed by atoms with Crippen LogP contribution in [0.5, 0.6) is 0 Å². The van der Waals surface area contributed by atoms with E-state index in [1.165, 1.54) is 5.56 Å². The Morgan fingerprint density at radius 3 is 2.05 bits per heavy atom. The second-order valence-electron chi connectivity index (χ2n) is 10.4. The molecular formula is C38H33N3. The third kappa shape index (κ3) is 5.53. The van der Waals surface area contributed by atoms with E-state index in [-0.39, 0.29) is 5.92 Å². The van der Waals surface area contributed by atoms with Gasteiger partial charge in [0.05, 0.1) is 16.7 Å². The standard InChI is InChI=1S/C38H33N3/c1-3-27(23-32(28-13-7-4-8-14-28)24-35(39)29-15-9-5-10-16-29)34-25-36(30-17-11-6-12-18-30)41-38-33(34)22-21-31-20-19-26(2)40-37(31)38/h4-25,27H,3,39H2,1-2H3/b32-23+,35-24-. The van der Waals surface area contributed by atoms with E-state index in [1.807, 2.05) is 49.4 Å². The highest BCUT2D eigenvalue weighted by molar-refractivity contribution is 6.05. The molecule has 3 heteroatoms. The van der Waals surface area contributed by atoms with Crippen molar-refractivity contribution >= 4 is 33.1 Å². The van der Waals surface area contributed by atoms with Gasteiger partial charge in [0.15, 0.2) is 0 Å². The molecule has 0 amide bonds. The molecule has 6 aromatic rings. The summed E-state index contributed by atoms with van der Waals surface area (Å²) in [5, 5.41) is 2.23. The molecular weight excluding hydrogens is 498 g/mol. The van der Waals surface area contributed by atoms with Gasteiger partial charge < -0.3 is 5.73 Å². The zero-order chi connectivity index (χ0) is 28.2. The largest absolute Gasteiger partial charge is 0.398 e. The molecule has 2 heterocycles. The molecule has 4 aromatic carbocycles. The van der Waals surface area contributed by atoms with Crippen LogP contribution in [0.15, 0.2) is 133 Å². The predicted molar refractivity (Wildman–Crippen MR) is 173 cm³/mol. The summed E-state index contributed by atoms with van der Waals surface area (Å²) in [5.74, 6) is 0.125. The minimum atomic E-state index is 0.125. The van der Waals surface area contributed by atoms with E-state index >= 15 is 0 Å². The average Bonchev–Trinajstić information content (AvgIpc) is 3.03. The fourth-order valence-electron chi connectivity index (χ4n) is 5.44. The van der Waals surface area contributed by atoms with Crippen LogP contribution in [0.4, 0.5) is 0 Å². The number of nitrogens with zero attached hydrogens (tertiary/aromatic N) is 2. The van der Waals surface area contributed by atoms with Crippen LogP contribution < -0.4 is 5.73 Å². The van der Waals surface area contributed by atoms with Crippen LogP contribution in [0.2, 0.25) is 0 Å². The first-order valence-corrected chi connectivity index (χ1v) is 14.2. The molecule has 41 heavy (non-hydrogen) atoms. The monoisotopic (exact) mass is 531 g/mol. The Hall–Kier alpha value is -5.02. The molecule has 2 aromatic heterocycles. The van der Waals surface area contributed by atoms with Gasteiger partial charge in [-0.1, -0.05) is 122 Å². The number of aryl methyl sites for hydroxylation is 1. The number of pyridine rings is 2. The third-order valence-corrected chi connectivity index (χ3v) is 7.62. The molecule has 3 nitrogen and oxygen atoms in total. The first kappa shape index (κ1) is 26.2. The molecule has 0 aliphatic carbocycles. The fraction of sp³-hybridized carbons (Fsp3) is 0.105. The Morgan fingerprint density at radius 2 is 1.37 bits per heavy atom. The normalized spacial score (nSPS) is 13.0. The van der Waals surface area contributed by atoms with Crippen LogP contribution in [0, 0.1) is 6.92 Å². The van der Waals surface area contributed by atoms with E-state index in [9.17, 15) is 0 Å². The molecule has 1 unspecified atom stereocenters. The fourth-order valence-corrected chi connectivity index (χ4v) is 5.44. The maximum absolute atomic E-state index is 6.66. The summed E-state index contributed by atoms with van der Waals surface area (Å²) in [5.41, 5.74) is 16.8. The Labute approximate surface area is 241 Å². The Kier molecular flexibility index (Phi) is 7.42. The topological polar surface area (TPSA) is 51.8 Å². The number of aromatic nitrogens is 2. The molecule has 0 saturated carbocycles. The first-order valence-electron chi connectivity index (χ1n) is 14.2. The number of hydrogen-bond acceptors (Lipinski definition) is 3. The number of allylic oxidation sites excluding steroid dienone is 3. The van der Waals surface area contributed by atoms with Crippen molar-refractivity contribution in [3.8, 4) is 11.3 Å². The summed E-state index contributed by atoms with van der Waals surface area (Å²) in [6, 6.07) is 41.9. The quantitative estimate of drug-likeness (QED) is 0.165. The van der Waals surface area contributed by atoms with Crippen molar-refractivity contribution in [2.24, 2.45) is 5.73 Å². The summed E-state index contributed by atoms with van der Waals surface area (Å²) in [6.45, 7) is 4.28. The van der Waals surface area contributed by atoms with Crippen LogP contribution in [-0.4, -0.2) is 9.97 Å². The molecule has 0 bridgehead atoms. The SMILES string of the molecule is CCC(/C=C(\C=C(/N)c1ccccc1)c1ccccc1)c1cc(-c2ccccc2)nc2c1ccc1ccc(C)nc12. The van der Waals surface area contributed by atoms with E-state index in [4.69, 9.17) is 15.7 Å². The van der Waals surface area contributed by atoms with Crippen molar-refractivity contribution in [1.29, 1.82) is 0 Å². The lowest BCUT2D eigenvalue weighted by Gasteiger charge is -2.19. The van der Waals surface area contributed by atoms with E-state index in [2.05, 4.69) is 97.9 Å². The Bertz CT molecular complexity index is 1870. The highest BCUT2D eigenvalue weighted by Crippen LogP contribution is 2.36. The van der Waals surface area contributed by atoms with Gasteiger partial charge in [-0.05, 0) is 53.8 Å². The van der Waals surface area contributed by atoms with Gasteiger partial charge in [0, 0.05) is 33.6 Å². The third-order valence-electron chi connectivity index (χ3n) is 7.62. The van der Waals surface area contributed by atoms with Crippen molar-refractivity contribution in [3.63, 3.8) is 0 Å². The van der Waals surface area contributed by atoms with E-state index in [0.717, 1.165) is 67.6 Å². The maximum atomic E-state index is 6.66. The molecule has 0 aliphatic rings. The first-order chi connectivity index (χ1) is 20.1. The lowest BCUT2D eigenvalue weighted by molar-refractivity contribution is 0.813. The molecule has 0 spiro atoms. The molecule has 0 saturated heterocycles. The van der Waals surface area contributed by atoms with Crippen LogP contribution in [0.25, 0.3) is 44.3 Å². The summed E-state index contributed by atoms with van der Waals surface area (Å²) in [7, 11) is 0. The van der Waals surface area contributed by atoms with Gasteiger partial charge in [0.25, 0.3) is 0 Å². The highest BCUT2D eigenvalue weighted by Gasteiger charge is 2.18. The molecule has 200 valence electrons. The summed E-state index contributed by atoms with van der Waals surface area (Å²) in [6.07, 6.45) is 5.39. The number of nitrogens with two attached hydrogens (primary N) is 1. The Morgan fingerprint density at radius 1 is 0.732 bits per heavy atom. The van der Waals surface area contributed by atoms with Gasteiger partial charge in [-0.2, -0.15) is 0 Å². The van der Waals surface area contributed by atoms with Gasteiger partial charge >= 0.3 is 0 Å². The zero-order valence-electron chi connectivity index (χ0n) is 23.5. The number of rotatable bonds is 7. The molecule has 0 aliphatic heterocycles. The molecule has 2 N–H and O–H groups in total. The van der Waals surface area contributed by atoms with Crippen LogP contribution in [0.3, 0.4) is 0 Å². The minimum absolute atomic E-state index is 0.125.